The van der Waals surface area contributed by atoms with Crippen molar-refractivity contribution in [3.8, 4) is 0 Å². The van der Waals surface area contributed by atoms with Crippen molar-refractivity contribution in [1.82, 2.24) is 19.7 Å². The van der Waals surface area contributed by atoms with Gasteiger partial charge < -0.3 is 14.5 Å². The average Bonchev–Trinajstić information content (AvgIpc) is 3.16. The van der Waals surface area contributed by atoms with Gasteiger partial charge in [0.05, 0.1) is 24.2 Å². The van der Waals surface area contributed by atoms with E-state index in [-0.39, 0.29) is 17.6 Å². The molecule has 3 fully saturated rings. The summed E-state index contributed by atoms with van der Waals surface area (Å²) in [7, 11) is 4.12. The molecule has 2 bridgehead atoms. The zero-order valence-corrected chi connectivity index (χ0v) is 16.0. The van der Waals surface area contributed by atoms with Crippen molar-refractivity contribution >= 4 is 17.2 Å². The molecule has 1 aromatic rings. The maximum atomic E-state index is 13.3. The quantitative estimate of drug-likeness (QED) is 0.788. The van der Waals surface area contributed by atoms with Crippen LogP contribution in [0.1, 0.15) is 24.3 Å². The first-order valence-corrected chi connectivity index (χ1v) is 10.1. The van der Waals surface area contributed by atoms with Crippen LogP contribution in [0.2, 0.25) is 0 Å². The molecule has 3 atom stereocenters. The number of hydrogen-bond acceptors (Lipinski definition) is 6. The summed E-state index contributed by atoms with van der Waals surface area (Å²) in [4.78, 5) is 24.4. The highest BCUT2D eigenvalue weighted by Gasteiger charge is 2.58. The number of fused-ring (bicyclic) bond motifs is 3. The molecule has 0 saturated carbocycles. The van der Waals surface area contributed by atoms with Gasteiger partial charge in [-0.1, -0.05) is 0 Å². The number of amides is 1. The van der Waals surface area contributed by atoms with Gasteiger partial charge in [0, 0.05) is 44.3 Å². The van der Waals surface area contributed by atoms with E-state index in [2.05, 4.69) is 33.8 Å². The van der Waals surface area contributed by atoms with Crippen LogP contribution in [0.4, 0.5) is 0 Å². The van der Waals surface area contributed by atoms with Gasteiger partial charge in [-0.15, -0.1) is 11.3 Å². The second-order valence-corrected chi connectivity index (χ2v) is 8.91. The van der Waals surface area contributed by atoms with Gasteiger partial charge in [-0.3, -0.25) is 9.69 Å². The Morgan fingerprint density at radius 1 is 1.44 bits per heavy atom. The summed E-state index contributed by atoms with van der Waals surface area (Å²) in [6, 6.07) is 0. The summed E-state index contributed by atoms with van der Waals surface area (Å²) >= 11 is 1.70. The van der Waals surface area contributed by atoms with E-state index in [9.17, 15) is 4.79 Å². The van der Waals surface area contributed by atoms with Gasteiger partial charge in [0.1, 0.15) is 5.01 Å². The van der Waals surface area contributed by atoms with Crippen LogP contribution in [0, 0.1) is 5.41 Å². The molecule has 1 amide bonds. The number of thiazole rings is 1. The van der Waals surface area contributed by atoms with E-state index in [0.29, 0.717) is 5.91 Å². The van der Waals surface area contributed by atoms with E-state index >= 15 is 0 Å². The molecule has 3 unspecified atom stereocenters. The minimum atomic E-state index is -0.285. The molecule has 0 aromatic carbocycles. The number of morpholine rings is 1. The van der Waals surface area contributed by atoms with Crippen molar-refractivity contribution in [2.45, 2.75) is 38.0 Å². The molecule has 4 heterocycles. The van der Waals surface area contributed by atoms with Crippen molar-refractivity contribution < 1.29 is 9.53 Å². The largest absolute Gasteiger partial charge is 0.371 e. The fourth-order valence-corrected chi connectivity index (χ4v) is 5.31. The topological polar surface area (TPSA) is 48.9 Å². The minimum Gasteiger partial charge on any atom is -0.371 e. The Bertz CT molecular complexity index is 608. The van der Waals surface area contributed by atoms with E-state index in [1.807, 2.05) is 11.6 Å². The SMILES string of the molecule is CN(C)CCN1CCCC2(CC3CN(Cc4nccs4)CC2O3)C1=O. The van der Waals surface area contributed by atoms with Gasteiger partial charge in [0.15, 0.2) is 0 Å². The van der Waals surface area contributed by atoms with Crippen molar-refractivity contribution in [3.05, 3.63) is 16.6 Å². The Balaban J connectivity index is 1.46. The van der Waals surface area contributed by atoms with Gasteiger partial charge >= 0.3 is 0 Å². The highest BCUT2D eigenvalue weighted by molar-refractivity contribution is 7.09. The Morgan fingerprint density at radius 2 is 2.32 bits per heavy atom. The summed E-state index contributed by atoms with van der Waals surface area (Å²) in [6.07, 6.45) is 5.07. The Kier molecular flexibility index (Phi) is 4.83. The predicted octanol–water partition coefficient (Wildman–Crippen LogP) is 1.29. The van der Waals surface area contributed by atoms with E-state index < -0.39 is 0 Å². The lowest BCUT2D eigenvalue weighted by atomic mass is 9.73. The third kappa shape index (κ3) is 3.35. The number of likely N-dealkylation sites (N-methyl/N-ethyl adjacent to an activating group) is 1. The number of carbonyl (C=O) groups is 1. The highest BCUT2D eigenvalue weighted by Crippen LogP contribution is 2.48. The lowest BCUT2D eigenvalue weighted by Crippen LogP contribution is -2.55. The smallest absolute Gasteiger partial charge is 0.231 e. The summed E-state index contributed by atoms with van der Waals surface area (Å²) in [5, 5.41) is 3.18. The van der Waals surface area contributed by atoms with Crippen molar-refractivity contribution in [3.63, 3.8) is 0 Å². The monoisotopic (exact) mass is 364 g/mol. The number of aromatic nitrogens is 1. The number of rotatable bonds is 5. The number of likely N-dealkylation sites (tertiary alicyclic amines) is 2. The summed E-state index contributed by atoms with van der Waals surface area (Å²) in [5.41, 5.74) is -0.285. The molecule has 3 aliphatic heterocycles. The fraction of sp³-hybridized carbons (Fsp3) is 0.778. The maximum Gasteiger partial charge on any atom is 0.231 e. The van der Waals surface area contributed by atoms with Crippen LogP contribution in [0.5, 0.6) is 0 Å². The molecule has 0 radical (unpaired) electrons. The zero-order valence-electron chi connectivity index (χ0n) is 15.2. The molecule has 1 spiro atoms. The molecule has 3 saturated heterocycles. The molecule has 138 valence electrons. The van der Waals surface area contributed by atoms with Crippen LogP contribution in [-0.4, -0.2) is 84.6 Å². The van der Waals surface area contributed by atoms with Gasteiger partial charge in [0.25, 0.3) is 0 Å². The normalized spacial score (nSPS) is 32.9. The molecule has 4 rings (SSSR count). The fourth-order valence-electron chi connectivity index (χ4n) is 4.65. The number of ether oxygens (including phenoxy) is 1. The van der Waals surface area contributed by atoms with Crippen molar-refractivity contribution in [2.24, 2.45) is 5.41 Å². The number of hydrogen-bond donors (Lipinski definition) is 0. The minimum absolute atomic E-state index is 0.0425. The second-order valence-electron chi connectivity index (χ2n) is 7.93. The van der Waals surface area contributed by atoms with Crippen LogP contribution >= 0.6 is 11.3 Å². The summed E-state index contributed by atoms with van der Waals surface area (Å²) in [5.74, 6) is 0.337. The summed E-state index contributed by atoms with van der Waals surface area (Å²) in [6.45, 7) is 5.30. The molecule has 6 nitrogen and oxygen atoms in total. The lowest BCUT2D eigenvalue weighted by molar-refractivity contribution is -0.153. The van der Waals surface area contributed by atoms with Gasteiger partial charge in [-0.25, -0.2) is 4.98 Å². The number of nitrogens with zero attached hydrogens (tertiary/aromatic N) is 4. The van der Waals surface area contributed by atoms with Crippen LogP contribution in [0.15, 0.2) is 11.6 Å². The van der Waals surface area contributed by atoms with E-state index in [0.717, 1.165) is 63.5 Å². The first kappa shape index (κ1) is 17.4. The lowest BCUT2D eigenvalue weighted by Gasteiger charge is -2.43. The Morgan fingerprint density at radius 3 is 3.08 bits per heavy atom. The van der Waals surface area contributed by atoms with Crippen LogP contribution < -0.4 is 0 Å². The van der Waals surface area contributed by atoms with Gasteiger partial charge in [-0.2, -0.15) is 0 Å². The first-order chi connectivity index (χ1) is 12.1. The van der Waals surface area contributed by atoms with Crippen molar-refractivity contribution in [1.29, 1.82) is 0 Å². The van der Waals surface area contributed by atoms with E-state index in [1.165, 1.54) is 0 Å². The maximum absolute atomic E-state index is 13.3. The van der Waals surface area contributed by atoms with Gasteiger partial charge in [0.2, 0.25) is 5.91 Å². The van der Waals surface area contributed by atoms with E-state index in [1.54, 1.807) is 11.3 Å². The van der Waals surface area contributed by atoms with Crippen LogP contribution in [0.25, 0.3) is 0 Å². The first-order valence-electron chi connectivity index (χ1n) is 9.27. The molecule has 25 heavy (non-hydrogen) atoms. The van der Waals surface area contributed by atoms with Crippen LogP contribution in [0.3, 0.4) is 0 Å². The van der Waals surface area contributed by atoms with E-state index in [4.69, 9.17) is 4.74 Å². The Labute approximate surface area is 153 Å². The zero-order chi connectivity index (χ0) is 17.4. The molecule has 7 heteroatoms. The molecular formula is C18H28N4O2S. The third-order valence-corrected chi connectivity index (χ3v) is 6.64. The second kappa shape index (κ2) is 6.95. The number of carbonyl (C=O) groups excluding carboxylic acids is 1. The molecule has 0 aliphatic carbocycles. The molecule has 0 N–H and O–H groups in total. The highest BCUT2D eigenvalue weighted by atomic mass is 32.1. The Hall–Kier alpha value is -1.02. The standard InChI is InChI=1S/C18H28N4O2S/c1-20(2)7-8-22-6-3-4-18(17(22)23)10-14-11-21(12-15(18)24-14)13-16-19-5-9-25-16/h5,9,14-15H,3-4,6-8,10-13H2,1-2H3. The third-order valence-electron chi connectivity index (χ3n) is 5.87. The van der Waals surface area contributed by atoms with Gasteiger partial charge in [-0.05, 0) is 33.4 Å². The summed E-state index contributed by atoms with van der Waals surface area (Å²) < 4.78 is 6.27. The molecular weight excluding hydrogens is 336 g/mol. The van der Waals surface area contributed by atoms with Crippen molar-refractivity contribution in [2.75, 3.05) is 46.8 Å². The molecule has 3 aliphatic rings. The average molecular weight is 365 g/mol. The number of piperidine rings is 1. The molecule has 1 aromatic heterocycles. The predicted molar refractivity (Wildman–Crippen MR) is 97.5 cm³/mol. The van der Waals surface area contributed by atoms with Crippen LogP contribution in [-0.2, 0) is 16.1 Å².